The number of carbonyl (C=O) groups excluding carboxylic acids is 1. The second-order valence-electron chi connectivity index (χ2n) is 8.72. The van der Waals surface area contributed by atoms with Gasteiger partial charge in [0.1, 0.15) is 11.4 Å². The molecule has 32 heavy (non-hydrogen) atoms. The third-order valence-corrected chi connectivity index (χ3v) is 6.52. The number of hydrogen-bond acceptors (Lipinski definition) is 5. The molecule has 0 atom stereocenters. The van der Waals surface area contributed by atoms with Gasteiger partial charge in [-0.1, -0.05) is 24.3 Å². The third-order valence-electron chi connectivity index (χ3n) is 6.52. The zero-order valence-corrected chi connectivity index (χ0v) is 18.5. The number of ether oxygens (including phenoxy) is 1. The van der Waals surface area contributed by atoms with Crippen molar-refractivity contribution in [1.29, 1.82) is 0 Å². The lowest BCUT2D eigenvalue weighted by molar-refractivity contribution is -0.134. The van der Waals surface area contributed by atoms with Gasteiger partial charge in [0.2, 0.25) is 0 Å². The Hall–Kier alpha value is -3.15. The highest BCUT2D eigenvalue weighted by Crippen LogP contribution is 2.33. The molecule has 2 saturated heterocycles. The van der Waals surface area contributed by atoms with E-state index in [0.717, 1.165) is 66.9 Å². The van der Waals surface area contributed by atoms with Gasteiger partial charge in [0.25, 0.3) is 5.91 Å². The average molecular weight is 431 g/mol. The lowest BCUT2D eigenvalue weighted by Crippen LogP contribution is -2.38. The van der Waals surface area contributed by atoms with E-state index in [9.17, 15) is 4.79 Å². The number of fused-ring (bicyclic) bond motifs is 1. The molecular weight excluding hydrogens is 400 g/mol. The van der Waals surface area contributed by atoms with Crippen molar-refractivity contribution in [1.82, 2.24) is 15.1 Å². The van der Waals surface area contributed by atoms with Crippen LogP contribution in [0.2, 0.25) is 0 Å². The molecule has 0 bridgehead atoms. The molecule has 2 aromatic carbocycles. The van der Waals surface area contributed by atoms with Crippen LogP contribution in [0.15, 0.2) is 48.5 Å². The molecule has 2 aliphatic heterocycles. The molecule has 2 aliphatic rings. The standard InChI is InChI=1S/C26H30N4O2/c31-24(29-15-5-1-6-16-29)19-32-21-13-11-20(12-14-21)25-22-9-3-4-10-23(22)26(28-27-25)30-17-7-2-8-18-30/h3-4,9-14H,1-2,5-8,15-19H2. The zero-order chi connectivity index (χ0) is 21.8. The lowest BCUT2D eigenvalue weighted by atomic mass is 10.0. The van der Waals surface area contributed by atoms with Crippen molar-refractivity contribution in [2.75, 3.05) is 37.7 Å². The van der Waals surface area contributed by atoms with Crippen molar-refractivity contribution in [2.24, 2.45) is 0 Å². The summed E-state index contributed by atoms with van der Waals surface area (Å²) in [5.41, 5.74) is 1.87. The van der Waals surface area contributed by atoms with E-state index in [2.05, 4.69) is 39.4 Å². The van der Waals surface area contributed by atoms with Crippen molar-refractivity contribution < 1.29 is 9.53 Å². The van der Waals surface area contributed by atoms with Gasteiger partial charge in [-0.15, -0.1) is 10.2 Å². The number of likely N-dealkylation sites (tertiary alicyclic amines) is 1. The Morgan fingerprint density at radius 2 is 1.44 bits per heavy atom. The van der Waals surface area contributed by atoms with Gasteiger partial charge in [0.15, 0.2) is 12.4 Å². The summed E-state index contributed by atoms with van der Waals surface area (Å²) in [5.74, 6) is 1.75. The number of rotatable bonds is 5. The maximum Gasteiger partial charge on any atom is 0.260 e. The van der Waals surface area contributed by atoms with Gasteiger partial charge in [-0.25, -0.2) is 0 Å². The summed E-state index contributed by atoms with van der Waals surface area (Å²) in [4.78, 5) is 16.6. The summed E-state index contributed by atoms with van der Waals surface area (Å²) in [5, 5.41) is 11.5. The van der Waals surface area contributed by atoms with Crippen LogP contribution in [0.5, 0.6) is 5.75 Å². The number of aromatic nitrogens is 2. The van der Waals surface area contributed by atoms with Crippen LogP contribution in [0.25, 0.3) is 22.0 Å². The summed E-state index contributed by atoms with van der Waals surface area (Å²) in [6, 6.07) is 16.2. The fraction of sp³-hybridized carbons (Fsp3) is 0.423. The number of piperidine rings is 2. The summed E-state index contributed by atoms with van der Waals surface area (Å²) >= 11 is 0. The number of anilines is 1. The molecule has 6 heteroatoms. The summed E-state index contributed by atoms with van der Waals surface area (Å²) in [6.45, 7) is 3.87. The highest BCUT2D eigenvalue weighted by molar-refractivity contribution is 6.00. The molecular formula is C26H30N4O2. The van der Waals surface area contributed by atoms with Crippen molar-refractivity contribution in [3.8, 4) is 17.0 Å². The fourth-order valence-corrected chi connectivity index (χ4v) is 4.73. The molecule has 0 saturated carbocycles. The molecule has 166 valence electrons. The Morgan fingerprint density at radius 3 is 2.16 bits per heavy atom. The maximum atomic E-state index is 12.3. The van der Waals surface area contributed by atoms with E-state index in [0.29, 0.717) is 5.75 Å². The van der Waals surface area contributed by atoms with Gasteiger partial charge in [0, 0.05) is 42.5 Å². The number of nitrogens with zero attached hydrogens (tertiary/aromatic N) is 4. The van der Waals surface area contributed by atoms with Crippen LogP contribution in [0.3, 0.4) is 0 Å². The molecule has 0 radical (unpaired) electrons. The first-order valence-corrected chi connectivity index (χ1v) is 11.8. The summed E-state index contributed by atoms with van der Waals surface area (Å²) in [7, 11) is 0. The van der Waals surface area contributed by atoms with Crippen LogP contribution in [0.4, 0.5) is 5.82 Å². The molecule has 0 aliphatic carbocycles. The first kappa shape index (κ1) is 20.7. The second kappa shape index (κ2) is 9.55. The SMILES string of the molecule is O=C(COc1ccc(-c2nnc(N3CCCCC3)c3ccccc23)cc1)N1CCCCC1. The second-order valence-corrected chi connectivity index (χ2v) is 8.72. The topological polar surface area (TPSA) is 58.6 Å². The lowest BCUT2D eigenvalue weighted by Gasteiger charge is -2.28. The van der Waals surface area contributed by atoms with E-state index in [1.54, 1.807) is 0 Å². The van der Waals surface area contributed by atoms with Gasteiger partial charge >= 0.3 is 0 Å². The molecule has 5 rings (SSSR count). The first-order valence-electron chi connectivity index (χ1n) is 11.8. The highest BCUT2D eigenvalue weighted by atomic mass is 16.5. The van der Waals surface area contributed by atoms with Crippen LogP contribution < -0.4 is 9.64 Å². The van der Waals surface area contributed by atoms with Crippen LogP contribution in [0, 0.1) is 0 Å². The van der Waals surface area contributed by atoms with E-state index in [1.165, 1.54) is 25.7 Å². The summed E-state index contributed by atoms with van der Waals surface area (Å²) in [6.07, 6.45) is 7.09. The van der Waals surface area contributed by atoms with Gasteiger partial charge in [-0.3, -0.25) is 4.79 Å². The number of carbonyl (C=O) groups is 1. The Kier molecular flexibility index (Phi) is 6.19. The minimum atomic E-state index is 0.0685. The molecule has 0 spiro atoms. The molecule has 2 fully saturated rings. The van der Waals surface area contributed by atoms with Crippen molar-refractivity contribution >= 4 is 22.5 Å². The monoisotopic (exact) mass is 430 g/mol. The van der Waals surface area contributed by atoms with Gasteiger partial charge in [-0.2, -0.15) is 0 Å². The van der Waals surface area contributed by atoms with Crippen molar-refractivity contribution in [3.05, 3.63) is 48.5 Å². The molecule has 3 aromatic rings. The quantitative estimate of drug-likeness (QED) is 0.588. The average Bonchev–Trinajstić information content (AvgIpc) is 2.88. The minimum absolute atomic E-state index is 0.0685. The van der Waals surface area contributed by atoms with Crippen LogP contribution >= 0.6 is 0 Å². The van der Waals surface area contributed by atoms with Crippen LogP contribution in [-0.4, -0.2) is 53.8 Å². The highest BCUT2D eigenvalue weighted by Gasteiger charge is 2.19. The number of hydrogen-bond donors (Lipinski definition) is 0. The Morgan fingerprint density at radius 1 is 0.781 bits per heavy atom. The Bertz CT molecular complexity index is 1070. The van der Waals surface area contributed by atoms with E-state index in [4.69, 9.17) is 4.74 Å². The molecule has 6 nitrogen and oxygen atoms in total. The predicted molar refractivity (Wildman–Crippen MR) is 127 cm³/mol. The van der Waals surface area contributed by atoms with E-state index >= 15 is 0 Å². The smallest absolute Gasteiger partial charge is 0.260 e. The first-order chi connectivity index (χ1) is 15.8. The Balaban J connectivity index is 1.33. The minimum Gasteiger partial charge on any atom is -0.484 e. The molecule has 1 amide bonds. The van der Waals surface area contributed by atoms with Gasteiger partial charge in [-0.05, 0) is 62.8 Å². The summed E-state index contributed by atoms with van der Waals surface area (Å²) < 4.78 is 5.76. The molecule has 1 aromatic heterocycles. The number of amides is 1. The van der Waals surface area contributed by atoms with Crippen LogP contribution in [0.1, 0.15) is 38.5 Å². The fourth-order valence-electron chi connectivity index (χ4n) is 4.73. The van der Waals surface area contributed by atoms with Gasteiger partial charge in [0.05, 0.1) is 0 Å². The number of benzene rings is 2. The predicted octanol–water partition coefficient (Wildman–Crippen LogP) is 4.68. The molecule has 3 heterocycles. The van der Waals surface area contributed by atoms with Crippen molar-refractivity contribution in [2.45, 2.75) is 38.5 Å². The Labute approximate surface area is 189 Å². The van der Waals surface area contributed by atoms with Gasteiger partial charge < -0.3 is 14.5 Å². The zero-order valence-electron chi connectivity index (χ0n) is 18.5. The molecule has 0 N–H and O–H groups in total. The largest absolute Gasteiger partial charge is 0.484 e. The maximum absolute atomic E-state index is 12.3. The normalized spacial score (nSPS) is 16.9. The third kappa shape index (κ3) is 4.40. The van der Waals surface area contributed by atoms with E-state index < -0.39 is 0 Å². The van der Waals surface area contributed by atoms with Crippen LogP contribution in [-0.2, 0) is 4.79 Å². The van der Waals surface area contributed by atoms with E-state index in [-0.39, 0.29) is 12.5 Å². The molecule has 0 unspecified atom stereocenters. The van der Waals surface area contributed by atoms with E-state index in [1.807, 2.05) is 29.2 Å². The van der Waals surface area contributed by atoms with Crippen molar-refractivity contribution in [3.63, 3.8) is 0 Å².